The molecule has 96 valence electrons. The standard InChI is InChI=1S/C12H15BrN4O/c1-6(2)10-7(3)15-11(16-12(10)17-14)8-4-5-9(13)18-8/h4-6H,14H2,1-3H3,(H,15,16,17). The summed E-state index contributed by atoms with van der Waals surface area (Å²) in [6, 6.07) is 3.62. The molecule has 6 heteroatoms. The third-order valence-corrected chi connectivity index (χ3v) is 3.07. The van der Waals surface area contributed by atoms with Crippen molar-refractivity contribution in [3.05, 3.63) is 28.1 Å². The van der Waals surface area contributed by atoms with Crippen molar-refractivity contribution in [2.24, 2.45) is 5.84 Å². The van der Waals surface area contributed by atoms with E-state index >= 15 is 0 Å². The van der Waals surface area contributed by atoms with Gasteiger partial charge in [0.25, 0.3) is 0 Å². The van der Waals surface area contributed by atoms with Gasteiger partial charge in [-0.1, -0.05) is 13.8 Å². The maximum atomic E-state index is 5.53. The lowest BCUT2D eigenvalue weighted by Gasteiger charge is -2.14. The average molecular weight is 311 g/mol. The second kappa shape index (κ2) is 5.07. The fourth-order valence-electron chi connectivity index (χ4n) is 1.93. The molecule has 0 aromatic carbocycles. The fraction of sp³-hybridized carbons (Fsp3) is 0.333. The molecule has 0 aliphatic heterocycles. The smallest absolute Gasteiger partial charge is 0.197 e. The molecule has 0 fully saturated rings. The summed E-state index contributed by atoms with van der Waals surface area (Å²) in [7, 11) is 0. The van der Waals surface area contributed by atoms with Crippen LogP contribution >= 0.6 is 15.9 Å². The Bertz CT molecular complexity index is 565. The summed E-state index contributed by atoms with van der Waals surface area (Å²) in [5.41, 5.74) is 4.55. The van der Waals surface area contributed by atoms with Crippen molar-refractivity contribution >= 4 is 21.7 Å². The first-order chi connectivity index (χ1) is 8.52. The van der Waals surface area contributed by atoms with Crippen LogP contribution in [0, 0.1) is 6.92 Å². The van der Waals surface area contributed by atoms with Crippen LogP contribution in [-0.4, -0.2) is 9.97 Å². The molecule has 2 rings (SSSR count). The summed E-state index contributed by atoms with van der Waals surface area (Å²) < 4.78 is 6.09. The lowest BCUT2D eigenvalue weighted by molar-refractivity contribution is 0.551. The molecule has 0 unspecified atom stereocenters. The topological polar surface area (TPSA) is 77.0 Å². The van der Waals surface area contributed by atoms with Crippen LogP contribution in [0.5, 0.6) is 0 Å². The van der Waals surface area contributed by atoms with Gasteiger partial charge in [0, 0.05) is 11.3 Å². The van der Waals surface area contributed by atoms with Crippen LogP contribution in [0.1, 0.15) is 31.0 Å². The number of aryl methyl sites for hydroxylation is 1. The molecule has 0 aliphatic carbocycles. The molecule has 0 atom stereocenters. The Morgan fingerprint density at radius 1 is 1.33 bits per heavy atom. The SMILES string of the molecule is Cc1nc(-c2ccc(Br)o2)nc(NN)c1C(C)C. The van der Waals surface area contributed by atoms with Gasteiger partial charge in [0.2, 0.25) is 0 Å². The van der Waals surface area contributed by atoms with E-state index in [1.54, 1.807) is 6.07 Å². The zero-order chi connectivity index (χ0) is 13.3. The first-order valence-corrected chi connectivity index (χ1v) is 6.43. The van der Waals surface area contributed by atoms with Crippen LogP contribution in [0.25, 0.3) is 11.6 Å². The molecule has 5 nitrogen and oxygen atoms in total. The molecule has 2 heterocycles. The molecule has 0 amide bonds. The number of nitrogens with zero attached hydrogens (tertiary/aromatic N) is 2. The van der Waals surface area contributed by atoms with Crippen LogP contribution < -0.4 is 11.3 Å². The number of hydrazine groups is 1. The van der Waals surface area contributed by atoms with Gasteiger partial charge in [-0.3, -0.25) is 0 Å². The third kappa shape index (κ3) is 2.39. The molecular formula is C12H15BrN4O. The molecule has 0 radical (unpaired) electrons. The fourth-order valence-corrected chi connectivity index (χ4v) is 2.23. The summed E-state index contributed by atoms with van der Waals surface area (Å²) in [6.45, 7) is 6.10. The summed E-state index contributed by atoms with van der Waals surface area (Å²) in [6.07, 6.45) is 0. The molecule has 3 N–H and O–H groups in total. The Kier molecular flexibility index (Phi) is 3.68. The summed E-state index contributed by atoms with van der Waals surface area (Å²) >= 11 is 3.26. The minimum Gasteiger partial charge on any atom is -0.446 e. The monoisotopic (exact) mass is 310 g/mol. The van der Waals surface area contributed by atoms with Gasteiger partial charge < -0.3 is 9.84 Å². The van der Waals surface area contributed by atoms with Crippen LogP contribution in [0.15, 0.2) is 21.2 Å². The number of rotatable bonds is 3. The van der Waals surface area contributed by atoms with Gasteiger partial charge in [0.1, 0.15) is 5.82 Å². The first-order valence-electron chi connectivity index (χ1n) is 5.63. The van der Waals surface area contributed by atoms with Crippen LogP contribution in [0.3, 0.4) is 0 Å². The zero-order valence-corrected chi connectivity index (χ0v) is 12.1. The molecule has 2 aromatic heterocycles. The minimum atomic E-state index is 0.299. The highest BCUT2D eigenvalue weighted by Crippen LogP contribution is 2.29. The number of furan rings is 1. The van der Waals surface area contributed by atoms with Gasteiger partial charge in [-0.05, 0) is 40.9 Å². The van der Waals surface area contributed by atoms with Crippen LogP contribution in [0.4, 0.5) is 5.82 Å². The Labute approximate surface area is 114 Å². The Hall–Kier alpha value is -1.40. The Balaban J connectivity index is 2.55. The number of anilines is 1. The van der Waals surface area contributed by atoms with Crippen LogP contribution in [-0.2, 0) is 0 Å². The van der Waals surface area contributed by atoms with E-state index in [1.807, 2.05) is 13.0 Å². The van der Waals surface area contributed by atoms with E-state index in [1.165, 1.54) is 0 Å². The third-order valence-electron chi connectivity index (χ3n) is 2.64. The molecule has 2 aromatic rings. The number of nitrogen functional groups attached to an aromatic ring is 1. The number of aromatic nitrogens is 2. The maximum absolute atomic E-state index is 5.53. The van der Waals surface area contributed by atoms with E-state index in [0.29, 0.717) is 28.0 Å². The van der Waals surface area contributed by atoms with Crippen molar-refractivity contribution in [2.45, 2.75) is 26.7 Å². The largest absolute Gasteiger partial charge is 0.446 e. The molecule has 0 aliphatic rings. The van der Waals surface area contributed by atoms with Crippen molar-refractivity contribution in [3.8, 4) is 11.6 Å². The lowest BCUT2D eigenvalue weighted by atomic mass is 10.0. The lowest BCUT2D eigenvalue weighted by Crippen LogP contribution is -2.14. The normalized spacial score (nSPS) is 11.0. The van der Waals surface area contributed by atoms with Crippen LogP contribution in [0.2, 0.25) is 0 Å². The summed E-state index contributed by atoms with van der Waals surface area (Å²) in [4.78, 5) is 8.86. The van der Waals surface area contributed by atoms with E-state index in [2.05, 4.69) is 45.2 Å². The predicted molar refractivity (Wildman–Crippen MR) is 74.1 cm³/mol. The second-order valence-corrected chi connectivity index (χ2v) is 5.08. The molecule has 0 spiro atoms. The van der Waals surface area contributed by atoms with Gasteiger partial charge in [-0.2, -0.15) is 0 Å². The number of halogens is 1. The minimum absolute atomic E-state index is 0.299. The quantitative estimate of drug-likeness (QED) is 0.672. The number of nitrogens with two attached hydrogens (primary N) is 1. The zero-order valence-electron chi connectivity index (χ0n) is 10.5. The molecule has 0 saturated heterocycles. The molecule has 0 saturated carbocycles. The highest BCUT2D eigenvalue weighted by Gasteiger charge is 2.16. The second-order valence-electron chi connectivity index (χ2n) is 4.30. The van der Waals surface area contributed by atoms with Gasteiger partial charge in [0.05, 0.1) is 0 Å². The Morgan fingerprint density at radius 2 is 2.06 bits per heavy atom. The summed E-state index contributed by atoms with van der Waals surface area (Å²) in [5, 5.41) is 0. The number of nitrogens with one attached hydrogen (secondary N) is 1. The van der Waals surface area contributed by atoms with E-state index in [-0.39, 0.29) is 0 Å². The number of hydrogen-bond acceptors (Lipinski definition) is 5. The predicted octanol–water partition coefficient (Wildman–Crippen LogP) is 3.22. The van der Waals surface area contributed by atoms with Crippen molar-refractivity contribution in [3.63, 3.8) is 0 Å². The van der Waals surface area contributed by atoms with E-state index in [9.17, 15) is 0 Å². The number of hydrogen-bond donors (Lipinski definition) is 2. The summed E-state index contributed by atoms with van der Waals surface area (Å²) in [5.74, 6) is 7.60. The van der Waals surface area contributed by atoms with Gasteiger partial charge in [-0.25, -0.2) is 15.8 Å². The maximum Gasteiger partial charge on any atom is 0.197 e. The van der Waals surface area contributed by atoms with Gasteiger partial charge in [-0.15, -0.1) is 0 Å². The van der Waals surface area contributed by atoms with Crippen molar-refractivity contribution in [1.82, 2.24) is 9.97 Å². The van der Waals surface area contributed by atoms with E-state index < -0.39 is 0 Å². The highest BCUT2D eigenvalue weighted by atomic mass is 79.9. The average Bonchev–Trinajstić information content (AvgIpc) is 2.74. The Morgan fingerprint density at radius 3 is 2.56 bits per heavy atom. The molecular weight excluding hydrogens is 296 g/mol. The highest BCUT2D eigenvalue weighted by molar-refractivity contribution is 9.10. The van der Waals surface area contributed by atoms with Crippen molar-refractivity contribution < 1.29 is 4.42 Å². The van der Waals surface area contributed by atoms with E-state index in [0.717, 1.165) is 11.3 Å². The van der Waals surface area contributed by atoms with Gasteiger partial charge >= 0.3 is 0 Å². The van der Waals surface area contributed by atoms with Crippen molar-refractivity contribution in [2.75, 3.05) is 5.43 Å². The molecule has 0 bridgehead atoms. The van der Waals surface area contributed by atoms with E-state index in [4.69, 9.17) is 10.3 Å². The first kappa shape index (κ1) is 13.0. The van der Waals surface area contributed by atoms with Gasteiger partial charge in [0.15, 0.2) is 16.3 Å². The molecule has 18 heavy (non-hydrogen) atoms. The van der Waals surface area contributed by atoms with Crippen molar-refractivity contribution in [1.29, 1.82) is 0 Å².